The summed E-state index contributed by atoms with van der Waals surface area (Å²) in [5.41, 5.74) is 1.51. The third kappa shape index (κ3) is 7.34. The van der Waals surface area contributed by atoms with E-state index in [9.17, 15) is 33.9 Å². The lowest BCUT2D eigenvalue weighted by atomic mass is 9.96. The molecule has 3 atom stereocenters. The van der Waals surface area contributed by atoms with E-state index in [1.807, 2.05) is 0 Å². The Kier molecular flexibility index (Phi) is 10.1. The summed E-state index contributed by atoms with van der Waals surface area (Å²) in [6.07, 6.45) is 0.921. The van der Waals surface area contributed by atoms with Crippen LogP contribution in [-0.2, 0) is 19.2 Å². The Morgan fingerprint density at radius 3 is 2.40 bits per heavy atom. The molecule has 2 heterocycles. The number of ketones is 1. The lowest BCUT2D eigenvalue weighted by Gasteiger charge is -2.28. The van der Waals surface area contributed by atoms with E-state index in [2.05, 4.69) is 10.6 Å². The molecule has 4 amide bonds. The fourth-order valence-corrected chi connectivity index (χ4v) is 5.88. The van der Waals surface area contributed by atoms with Crippen molar-refractivity contribution < 1.29 is 38.1 Å². The van der Waals surface area contributed by atoms with E-state index >= 15 is 0 Å². The van der Waals surface area contributed by atoms with Crippen molar-refractivity contribution in [1.29, 1.82) is 0 Å². The van der Waals surface area contributed by atoms with Crippen LogP contribution in [0.25, 0.3) is 11.1 Å². The maximum Gasteiger partial charge on any atom is 0.335 e. The first-order valence-electron chi connectivity index (χ1n) is 13.9. The summed E-state index contributed by atoms with van der Waals surface area (Å²) >= 11 is 0.884. The Morgan fingerprint density at radius 2 is 1.74 bits per heavy atom. The number of rotatable bonds is 5. The first-order chi connectivity index (χ1) is 20.5. The van der Waals surface area contributed by atoms with Crippen LogP contribution in [0.3, 0.4) is 0 Å². The fraction of sp³-hybridized carbons (Fsp3) is 0.400. The molecule has 0 aliphatic carbocycles. The predicted octanol–water partition coefficient (Wildman–Crippen LogP) is 2.12. The number of para-hydroxylation sites is 1. The molecule has 4 rings (SSSR count). The Labute approximate surface area is 253 Å². The van der Waals surface area contributed by atoms with Gasteiger partial charge in [-0.05, 0) is 43.0 Å². The van der Waals surface area contributed by atoms with Crippen molar-refractivity contribution in [2.24, 2.45) is 0 Å². The summed E-state index contributed by atoms with van der Waals surface area (Å²) in [7, 11) is 3.11. The lowest BCUT2D eigenvalue weighted by Crippen LogP contribution is -2.56. The van der Waals surface area contributed by atoms with Crippen LogP contribution < -0.4 is 14.8 Å². The van der Waals surface area contributed by atoms with Crippen molar-refractivity contribution in [3.63, 3.8) is 0 Å². The number of fused-ring (bicyclic) bond motifs is 1. The number of benzene rings is 2. The van der Waals surface area contributed by atoms with Gasteiger partial charge in [0.15, 0.2) is 11.5 Å². The first-order valence-corrected chi connectivity index (χ1v) is 14.8. The quantitative estimate of drug-likeness (QED) is 0.431. The van der Waals surface area contributed by atoms with Gasteiger partial charge in [-0.15, -0.1) is 0 Å². The number of carboxylic acid groups (broad SMARTS) is 1. The van der Waals surface area contributed by atoms with E-state index in [0.29, 0.717) is 30.5 Å². The zero-order valence-corrected chi connectivity index (χ0v) is 24.9. The van der Waals surface area contributed by atoms with Crippen molar-refractivity contribution in [2.45, 2.75) is 50.7 Å². The fourth-order valence-electron chi connectivity index (χ4n) is 5.15. The van der Waals surface area contributed by atoms with Gasteiger partial charge in [0.25, 0.3) is 0 Å². The number of carbonyl (C=O) groups excluding carboxylic acids is 5. The van der Waals surface area contributed by atoms with Crippen LogP contribution in [0, 0.1) is 0 Å². The number of nitrogens with zero attached hydrogens (tertiary/aromatic N) is 2. The average Bonchev–Trinajstić information content (AvgIpc) is 3.48. The van der Waals surface area contributed by atoms with E-state index < -0.39 is 35.9 Å². The van der Waals surface area contributed by atoms with Gasteiger partial charge < -0.3 is 29.7 Å². The number of carboxylic acids is 1. The molecule has 0 spiro atoms. The smallest absolute Gasteiger partial charge is 0.335 e. The van der Waals surface area contributed by atoms with Crippen molar-refractivity contribution in [1.82, 2.24) is 20.4 Å². The molecule has 13 heteroatoms. The average molecular weight is 611 g/mol. The van der Waals surface area contributed by atoms with Crippen LogP contribution in [-0.4, -0.2) is 94.8 Å². The molecule has 0 radical (unpaired) electrons. The molecule has 0 unspecified atom stereocenters. The van der Waals surface area contributed by atoms with Crippen LogP contribution in [0.5, 0.6) is 5.75 Å². The van der Waals surface area contributed by atoms with Crippen LogP contribution in [0.4, 0.5) is 0 Å². The SMILES string of the molecule is CC(=O)N1CCC[C@H]1C(=O)N[C@@H]1CCC(=O)c2cccc(-c3ccc(C(=O)O)cc3)c2OSC[C@H](C(=O)N(C)C)NC1=O. The predicted molar refractivity (Wildman–Crippen MR) is 158 cm³/mol. The number of likely N-dealkylation sites (N-methyl/N-ethyl adjacent to an activating group) is 1. The van der Waals surface area contributed by atoms with Crippen molar-refractivity contribution in [3.05, 3.63) is 53.6 Å². The molecule has 0 aromatic heterocycles. The molecular weight excluding hydrogens is 576 g/mol. The van der Waals surface area contributed by atoms with Gasteiger partial charge in [-0.2, -0.15) is 0 Å². The second kappa shape index (κ2) is 13.7. The minimum Gasteiger partial charge on any atom is -0.478 e. The van der Waals surface area contributed by atoms with Crippen molar-refractivity contribution in [2.75, 3.05) is 26.4 Å². The number of hydrogen-bond donors (Lipinski definition) is 3. The Balaban J connectivity index is 1.67. The van der Waals surface area contributed by atoms with Gasteiger partial charge >= 0.3 is 5.97 Å². The Bertz CT molecular complexity index is 1430. The summed E-state index contributed by atoms with van der Waals surface area (Å²) in [6.45, 7) is 1.83. The van der Waals surface area contributed by atoms with E-state index in [4.69, 9.17) is 4.18 Å². The molecule has 0 bridgehead atoms. The van der Waals surface area contributed by atoms with E-state index in [1.165, 1.54) is 28.9 Å². The molecule has 2 aromatic carbocycles. The second-order valence-corrected chi connectivity index (χ2v) is 11.4. The van der Waals surface area contributed by atoms with Crippen LogP contribution >= 0.6 is 12.0 Å². The number of amides is 4. The Morgan fingerprint density at radius 1 is 1.05 bits per heavy atom. The van der Waals surface area contributed by atoms with Gasteiger partial charge in [0.1, 0.15) is 18.1 Å². The van der Waals surface area contributed by atoms with Gasteiger partial charge in [0, 0.05) is 39.5 Å². The zero-order valence-electron chi connectivity index (χ0n) is 24.1. The molecular formula is C30H34N4O8S. The molecule has 2 aliphatic rings. The highest BCUT2D eigenvalue weighted by atomic mass is 32.2. The standard InChI is InChI=1S/C30H34N4O8S/c1-17(35)34-15-5-8-24(34)28(38)31-22-13-14-25(36)21-7-4-6-20(18-9-11-19(12-10-18)30(40)41)26(21)42-43-16-23(32-27(22)37)29(39)33(2)3/h4,6-7,9-12,22-24H,5,8,13-16H2,1-3H3,(H,31,38)(H,32,37)(H,40,41)/t22-,23-,24+/m1/s1. The summed E-state index contributed by atoms with van der Waals surface area (Å²) in [5.74, 6) is -2.92. The van der Waals surface area contributed by atoms with Gasteiger partial charge in [0.05, 0.1) is 28.9 Å². The number of nitrogens with one attached hydrogen (secondary N) is 2. The molecule has 43 heavy (non-hydrogen) atoms. The van der Waals surface area contributed by atoms with E-state index in [1.54, 1.807) is 44.4 Å². The van der Waals surface area contributed by atoms with Gasteiger partial charge in [-0.3, -0.25) is 24.0 Å². The molecule has 1 fully saturated rings. The number of carbonyl (C=O) groups is 6. The summed E-state index contributed by atoms with van der Waals surface area (Å²) in [6, 6.07) is 8.29. The van der Waals surface area contributed by atoms with Crippen LogP contribution in [0.1, 0.15) is 53.3 Å². The topological polar surface area (TPSA) is 162 Å². The zero-order chi connectivity index (χ0) is 31.3. The van der Waals surface area contributed by atoms with Gasteiger partial charge in [-0.1, -0.05) is 24.3 Å². The number of hydrogen-bond acceptors (Lipinski definition) is 8. The highest BCUT2D eigenvalue weighted by Gasteiger charge is 2.36. The molecule has 12 nitrogen and oxygen atoms in total. The third-order valence-electron chi connectivity index (χ3n) is 7.44. The van der Waals surface area contributed by atoms with Crippen LogP contribution in [0.15, 0.2) is 42.5 Å². The minimum absolute atomic E-state index is 0.00985. The molecule has 2 aromatic rings. The lowest BCUT2D eigenvalue weighted by molar-refractivity contribution is -0.139. The summed E-state index contributed by atoms with van der Waals surface area (Å²) in [5, 5.41) is 14.7. The van der Waals surface area contributed by atoms with Crippen molar-refractivity contribution in [3.8, 4) is 16.9 Å². The first kappa shape index (κ1) is 31.5. The summed E-state index contributed by atoms with van der Waals surface area (Å²) in [4.78, 5) is 79.3. The Hall–Kier alpha value is -4.39. The summed E-state index contributed by atoms with van der Waals surface area (Å²) < 4.78 is 6.03. The molecule has 1 saturated heterocycles. The maximum absolute atomic E-state index is 13.5. The van der Waals surface area contributed by atoms with Crippen LogP contribution in [0.2, 0.25) is 0 Å². The molecule has 3 N–H and O–H groups in total. The maximum atomic E-state index is 13.5. The molecule has 0 saturated carbocycles. The monoisotopic (exact) mass is 610 g/mol. The second-order valence-electron chi connectivity index (χ2n) is 10.6. The number of Topliss-reactive ketones (excluding diaryl/α,β-unsaturated/α-hetero) is 1. The van der Waals surface area contributed by atoms with Gasteiger partial charge in [-0.25, -0.2) is 4.79 Å². The molecule has 2 aliphatic heterocycles. The largest absolute Gasteiger partial charge is 0.478 e. The number of likely N-dealkylation sites (tertiary alicyclic amines) is 1. The highest BCUT2D eigenvalue weighted by molar-refractivity contribution is 7.95. The molecule has 228 valence electrons. The highest BCUT2D eigenvalue weighted by Crippen LogP contribution is 2.37. The van der Waals surface area contributed by atoms with E-state index in [0.717, 1.165) is 12.0 Å². The number of aromatic carboxylic acids is 1. The van der Waals surface area contributed by atoms with Crippen molar-refractivity contribution >= 4 is 47.4 Å². The minimum atomic E-state index is -1.14. The van der Waals surface area contributed by atoms with E-state index in [-0.39, 0.29) is 53.1 Å². The normalized spacial score (nSPS) is 20.9. The van der Waals surface area contributed by atoms with Gasteiger partial charge in [0.2, 0.25) is 23.6 Å². The third-order valence-corrected chi connectivity index (χ3v) is 8.20.